The standard InChI is InChI=1S/C15H21NO2/c1-2-11-7-8-13(16-10-11)9-12-5-3-4-6-14(12)15(17)18/h7-8,10,12,14H,2-6,9H2,1H3,(H,17,18). The van der Waals surface area contributed by atoms with Crippen molar-refractivity contribution < 1.29 is 9.90 Å². The van der Waals surface area contributed by atoms with E-state index < -0.39 is 5.97 Å². The number of hydrogen-bond donors (Lipinski definition) is 1. The molecule has 98 valence electrons. The fourth-order valence-corrected chi connectivity index (χ4v) is 2.83. The fraction of sp³-hybridized carbons (Fsp3) is 0.600. The minimum atomic E-state index is -0.634. The van der Waals surface area contributed by atoms with E-state index in [2.05, 4.69) is 18.0 Å². The molecule has 1 fully saturated rings. The Kier molecular flexibility index (Phi) is 4.34. The predicted octanol–water partition coefficient (Wildman–Crippen LogP) is 3.08. The van der Waals surface area contributed by atoms with Crippen LogP contribution in [0.25, 0.3) is 0 Å². The smallest absolute Gasteiger partial charge is 0.306 e. The first-order valence-corrected chi connectivity index (χ1v) is 6.87. The Morgan fingerprint density at radius 1 is 1.39 bits per heavy atom. The molecule has 1 saturated carbocycles. The Labute approximate surface area is 108 Å². The molecule has 3 heteroatoms. The topological polar surface area (TPSA) is 50.2 Å². The minimum Gasteiger partial charge on any atom is -0.481 e. The molecule has 18 heavy (non-hydrogen) atoms. The van der Waals surface area contributed by atoms with E-state index in [1.807, 2.05) is 12.3 Å². The largest absolute Gasteiger partial charge is 0.481 e. The lowest BCUT2D eigenvalue weighted by Gasteiger charge is -2.28. The molecule has 2 unspecified atom stereocenters. The monoisotopic (exact) mass is 247 g/mol. The highest BCUT2D eigenvalue weighted by atomic mass is 16.4. The van der Waals surface area contributed by atoms with Gasteiger partial charge in [-0.1, -0.05) is 25.8 Å². The second kappa shape index (κ2) is 5.98. The maximum atomic E-state index is 11.2. The molecule has 1 aliphatic carbocycles. The number of aliphatic carboxylic acids is 1. The van der Waals surface area contributed by atoms with Crippen molar-refractivity contribution in [2.24, 2.45) is 11.8 Å². The molecular formula is C15H21NO2. The van der Waals surface area contributed by atoms with Crippen molar-refractivity contribution in [2.45, 2.75) is 45.4 Å². The van der Waals surface area contributed by atoms with Crippen molar-refractivity contribution in [3.8, 4) is 0 Å². The highest BCUT2D eigenvalue weighted by molar-refractivity contribution is 5.70. The molecule has 0 saturated heterocycles. The van der Waals surface area contributed by atoms with Gasteiger partial charge in [0, 0.05) is 11.9 Å². The Hall–Kier alpha value is -1.38. The molecule has 3 nitrogen and oxygen atoms in total. The maximum Gasteiger partial charge on any atom is 0.306 e. The summed E-state index contributed by atoms with van der Waals surface area (Å²) in [5.74, 6) is -0.549. The van der Waals surface area contributed by atoms with Gasteiger partial charge in [-0.15, -0.1) is 0 Å². The van der Waals surface area contributed by atoms with E-state index in [9.17, 15) is 9.90 Å². The molecule has 1 aliphatic rings. The number of aryl methyl sites for hydroxylation is 1. The molecule has 0 radical (unpaired) electrons. The van der Waals surface area contributed by atoms with Crippen LogP contribution in [0, 0.1) is 11.8 Å². The van der Waals surface area contributed by atoms with Crippen LogP contribution in [0.2, 0.25) is 0 Å². The highest BCUT2D eigenvalue weighted by Crippen LogP contribution is 2.32. The second-order valence-corrected chi connectivity index (χ2v) is 5.20. The number of carbonyl (C=O) groups is 1. The molecule has 0 aromatic carbocycles. The first kappa shape index (κ1) is 13.1. The third kappa shape index (κ3) is 3.09. The summed E-state index contributed by atoms with van der Waals surface area (Å²) in [6.45, 7) is 2.11. The van der Waals surface area contributed by atoms with Gasteiger partial charge in [0.25, 0.3) is 0 Å². The zero-order chi connectivity index (χ0) is 13.0. The highest BCUT2D eigenvalue weighted by Gasteiger charge is 2.30. The van der Waals surface area contributed by atoms with E-state index in [4.69, 9.17) is 0 Å². The molecule has 0 spiro atoms. The van der Waals surface area contributed by atoms with E-state index in [0.717, 1.165) is 44.2 Å². The summed E-state index contributed by atoms with van der Waals surface area (Å²) < 4.78 is 0. The maximum absolute atomic E-state index is 11.2. The van der Waals surface area contributed by atoms with E-state index in [-0.39, 0.29) is 11.8 Å². The first-order valence-electron chi connectivity index (χ1n) is 6.87. The lowest BCUT2D eigenvalue weighted by Crippen LogP contribution is -2.28. The number of hydrogen-bond acceptors (Lipinski definition) is 2. The Bertz CT molecular complexity index is 399. The van der Waals surface area contributed by atoms with Crippen LogP contribution in [0.4, 0.5) is 0 Å². The van der Waals surface area contributed by atoms with Gasteiger partial charge in [-0.25, -0.2) is 0 Å². The third-order valence-corrected chi connectivity index (χ3v) is 3.99. The van der Waals surface area contributed by atoms with Gasteiger partial charge in [-0.3, -0.25) is 9.78 Å². The molecule has 1 aromatic rings. The van der Waals surface area contributed by atoms with Crippen molar-refractivity contribution in [2.75, 3.05) is 0 Å². The zero-order valence-corrected chi connectivity index (χ0v) is 10.9. The molecule has 1 heterocycles. The second-order valence-electron chi connectivity index (χ2n) is 5.20. The van der Waals surface area contributed by atoms with Crippen LogP contribution in [0.3, 0.4) is 0 Å². The molecule has 1 aromatic heterocycles. The van der Waals surface area contributed by atoms with Gasteiger partial charge in [0.2, 0.25) is 0 Å². The number of aromatic nitrogens is 1. The summed E-state index contributed by atoms with van der Waals surface area (Å²) in [7, 11) is 0. The van der Waals surface area contributed by atoms with Crippen LogP contribution < -0.4 is 0 Å². The average molecular weight is 247 g/mol. The van der Waals surface area contributed by atoms with Gasteiger partial charge in [0.05, 0.1) is 5.92 Å². The van der Waals surface area contributed by atoms with Crippen molar-refractivity contribution in [1.29, 1.82) is 0 Å². The Morgan fingerprint density at radius 3 is 2.78 bits per heavy atom. The predicted molar refractivity (Wildman–Crippen MR) is 70.4 cm³/mol. The average Bonchev–Trinajstić information content (AvgIpc) is 2.40. The Balaban J connectivity index is 2.03. The SMILES string of the molecule is CCc1ccc(CC2CCCCC2C(=O)O)nc1. The van der Waals surface area contributed by atoms with Crippen LogP contribution in [-0.2, 0) is 17.6 Å². The van der Waals surface area contributed by atoms with Crippen LogP contribution in [0.15, 0.2) is 18.3 Å². The molecule has 0 amide bonds. The molecule has 2 rings (SSSR count). The van der Waals surface area contributed by atoms with Crippen molar-refractivity contribution >= 4 is 5.97 Å². The summed E-state index contributed by atoms with van der Waals surface area (Å²) >= 11 is 0. The molecular weight excluding hydrogens is 226 g/mol. The van der Waals surface area contributed by atoms with Crippen LogP contribution in [-0.4, -0.2) is 16.1 Å². The van der Waals surface area contributed by atoms with Crippen molar-refractivity contribution in [3.63, 3.8) is 0 Å². The van der Waals surface area contributed by atoms with Gasteiger partial charge in [-0.05, 0) is 43.2 Å². The fourth-order valence-electron chi connectivity index (χ4n) is 2.83. The van der Waals surface area contributed by atoms with E-state index >= 15 is 0 Å². The van der Waals surface area contributed by atoms with E-state index in [0.29, 0.717) is 0 Å². The molecule has 1 N–H and O–H groups in total. The summed E-state index contributed by atoms with van der Waals surface area (Å²) in [5.41, 5.74) is 2.27. The van der Waals surface area contributed by atoms with E-state index in [1.54, 1.807) is 0 Å². The first-order chi connectivity index (χ1) is 8.70. The number of carboxylic acids is 1. The summed E-state index contributed by atoms with van der Waals surface area (Å²) in [4.78, 5) is 15.7. The van der Waals surface area contributed by atoms with Gasteiger partial charge in [0.1, 0.15) is 0 Å². The quantitative estimate of drug-likeness (QED) is 0.889. The molecule has 2 atom stereocenters. The third-order valence-electron chi connectivity index (χ3n) is 3.99. The summed E-state index contributed by atoms with van der Waals surface area (Å²) in [6.07, 6.45) is 7.77. The van der Waals surface area contributed by atoms with Crippen LogP contribution in [0.5, 0.6) is 0 Å². The molecule has 0 bridgehead atoms. The number of rotatable bonds is 4. The van der Waals surface area contributed by atoms with Crippen molar-refractivity contribution in [3.05, 3.63) is 29.6 Å². The minimum absolute atomic E-state index is 0.175. The number of nitrogens with zero attached hydrogens (tertiary/aromatic N) is 1. The zero-order valence-electron chi connectivity index (χ0n) is 10.9. The lowest BCUT2D eigenvalue weighted by molar-refractivity contribution is -0.144. The molecule has 0 aliphatic heterocycles. The van der Waals surface area contributed by atoms with Gasteiger partial charge >= 0.3 is 5.97 Å². The summed E-state index contributed by atoms with van der Waals surface area (Å²) in [5, 5.41) is 9.25. The van der Waals surface area contributed by atoms with Gasteiger partial charge in [-0.2, -0.15) is 0 Å². The Morgan fingerprint density at radius 2 is 2.17 bits per heavy atom. The normalized spacial score (nSPS) is 23.8. The number of pyridine rings is 1. The lowest BCUT2D eigenvalue weighted by atomic mass is 9.77. The van der Waals surface area contributed by atoms with E-state index in [1.165, 1.54) is 5.56 Å². The number of carboxylic acid groups (broad SMARTS) is 1. The van der Waals surface area contributed by atoms with Gasteiger partial charge in [0.15, 0.2) is 0 Å². The summed E-state index contributed by atoms with van der Waals surface area (Å²) in [6, 6.07) is 4.15. The van der Waals surface area contributed by atoms with Gasteiger partial charge < -0.3 is 5.11 Å². The van der Waals surface area contributed by atoms with Crippen LogP contribution >= 0.6 is 0 Å². The van der Waals surface area contributed by atoms with Crippen molar-refractivity contribution in [1.82, 2.24) is 4.98 Å². The van der Waals surface area contributed by atoms with Crippen LogP contribution in [0.1, 0.15) is 43.9 Å².